The second-order valence-electron chi connectivity index (χ2n) is 13.0. The van der Waals surface area contributed by atoms with Crippen LogP contribution in [0.25, 0.3) is 23.3 Å². The van der Waals surface area contributed by atoms with Gasteiger partial charge in [-0.2, -0.15) is 0 Å². The fraction of sp³-hybridized carbons (Fsp3) is 0.308. The number of amides is 1. The molecule has 6 rings (SSSR count). The van der Waals surface area contributed by atoms with Crippen molar-refractivity contribution >= 4 is 41.3 Å². The summed E-state index contributed by atoms with van der Waals surface area (Å²) in [6.45, 7) is 5.90. The Bertz CT molecular complexity index is 1920. The Labute approximate surface area is 296 Å². The zero-order chi connectivity index (χ0) is 35.4. The predicted octanol–water partition coefficient (Wildman–Crippen LogP) is 6.75. The largest absolute Gasteiger partial charge is 0.496 e. The number of likely N-dealkylation sites (tertiary alicyclic amines) is 2. The van der Waals surface area contributed by atoms with Crippen molar-refractivity contribution in [2.75, 3.05) is 38.6 Å². The highest BCUT2D eigenvalue weighted by Gasteiger charge is 2.28. The number of benzene rings is 3. The van der Waals surface area contributed by atoms with E-state index in [9.17, 15) is 19.8 Å². The average molecular weight is 699 g/mol. The van der Waals surface area contributed by atoms with Crippen molar-refractivity contribution in [3.63, 3.8) is 0 Å². The number of aliphatic carboxylic acids is 1. The smallest absolute Gasteiger partial charge is 0.307 e. The maximum atomic E-state index is 15.9. The third-order valence-corrected chi connectivity index (χ3v) is 9.83. The van der Waals surface area contributed by atoms with Gasteiger partial charge in [0.2, 0.25) is 0 Å². The molecule has 0 spiro atoms. The first-order valence-electron chi connectivity index (χ1n) is 16.6. The zero-order valence-electron chi connectivity index (χ0n) is 28.0. The van der Waals surface area contributed by atoms with Gasteiger partial charge in [-0.25, -0.2) is 4.39 Å². The summed E-state index contributed by atoms with van der Waals surface area (Å²) >= 11 is 6.87. The van der Waals surface area contributed by atoms with Crippen molar-refractivity contribution < 1.29 is 28.9 Å². The van der Waals surface area contributed by atoms with E-state index in [0.29, 0.717) is 54.5 Å². The number of pyridine rings is 1. The number of carboxylic acids is 1. The van der Waals surface area contributed by atoms with Crippen LogP contribution in [0.1, 0.15) is 51.1 Å². The number of rotatable bonds is 11. The van der Waals surface area contributed by atoms with Crippen molar-refractivity contribution in [1.82, 2.24) is 14.8 Å². The molecule has 2 aliphatic rings. The van der Waals surface area contributed by atoms with E-state index in [1.807, 2.05) is 37.3 Å². The van der Waals surface area contributed by atoms with E-state index in [1.165, 1.54) is 6.07 Å². The van der Waals surface area contributed by atoms with Crippen molar-refractivity contribution in [1.29, 1.82) is 0 Å². The number of β-amino-alcohol motifs (C(OH)–C–C–N with tert-alkyl or cyclic N) is 1. The molecule has 1 aromatic heterocycles. The fourth-order valence-electron chi connectivity index (χ4n) is 6.63. The lowest BCUT2D eigenvalue weighted by molar-refractivity contribution is -0.141. The molecule has 2 saturated heterocycles. The Morgan fingerprint density at radius 1 is 1.00 bits per heavy atom. The number of hydrogen-bond donors (Lipinski definition) is 3. The first-order valence-corrected chi connectivity index (χ1v) is 17.0. The first-order chi connectivity index (χ1) is 24.1. The van der Waals surface area contributed by atoms with Crippen LogP contribution in [-0.2, 0) is 17.9 Å². The number of carboxylic acid groups (broad SMARTS) is 1. The number of halogens is 2. The summed E-state index contributed by atoms with van der Waals surface area (Å²) in [7, 11) is 1.62. The van der Waals surface area contributed by atoms with Crippen molar-refractivity contribution in [3.05, 3.63) is 111 Å². The van der Waals surface area contributed by atoms with Gasteiger partial charge in [0.25, 0.3) is 5.91 Å². The Morgan fingerprint density at radius 3 is 2.44 bits per heavy atom. The number of anilines is 1. The van der Waals surface area contributed by atoms with E-state index in [0.717, 1.165) is 41.8 Å². The van der Waals surface area contributed by atoms with Crippen LogP contribution in [0.15, 0.2) is 66.9 Å². The quantitative estimate of drug-likeness (QED) is 0.147. The number of carbonyl (C=O) groups is 2. The second-order valence-corrected chi connectivity index (χ2v) is 13.4. The number of aromatic nitrogens is 1. The molecule has 9 nitrogen and oxygen atoms in total. The number of ether oxygens (including phenoxy) is 1. The lowest BCUT2D eigenvalue weighted by Gasteiger charge is -2.19. The summed E-state index contributed by atoms with van der Waals surface area (Å²) in [5.41, 5.74) is 5.43. The van der Waals surface area contributed by atoms with Gasteiger partial charge in [-0.05, 0) is 66.8 Å². The van der Waals surface area contributed by atoms with Crippen LogP contribution in [0.2, 0.25) is 5.02 Å². The zero-order valence-corrected chi connectivity index (χ0v) is 28.8. The van der Waals surface area contributed by atoms with Gasteiger partial charge in [0.15, 0.2) is 5.82 Å². The van der Waals surface area contributed by atoms with Crippen molar-refractivity contribution in [2.45, 2.75) is 39.0 Å². The van der Waals surface area contributed by atoms with E-state index in [2.05, 4.69) is 26.2 Å². The SMILES string of the molecule is COc1cc(/C=C/c2cccc(-c3cccc(NC(=O)c4ccc(CN5CC[C@@H](O)C5)cn4)c3F)c2Cl)c(C)cc1CN1CC[C@@H](C(=O)O)C1. The monoisotopic (exact) mass is 698 g/mol. The summed E-state index contributed by atoms with van der Waals surface area (Å²) < 4.78 is 21.6. The molecule has 50 heavy (non-hydrogen) atoms. The van der Waals surface area contributed by atoms with Gasteiger partial charge in [-0.3, -0.25) is 24.4 Å². The molecule has 2 aliphatic heterocycles. The van der Waals surface area contributed by atoms with Crippen LogP contribution in [0, 0.1) is 18.7 Å². The Kier molecular flexibility index (Phi) is 10.9. The number of nitrogens with zero attached hydrogens (tertiary/aromatic N) is 3. The molecule has 260 valence electrons. The molecule has 0 radical (unpaired) electrons. The molecule has 2 fully saturated rings. The maximum Gasteiger partial charge on any atom is 0.307 e. The molecule has 2 atom stereocenters. The Balaban J connectivity index is 1.16. The lowest BCUT2D eigenvalue weighted by Crippen LogP contribution is -2.23. The maximum absolute atomic E-state index is 15.9. The average Bonchev–Trinajstić information content (AvgIpc) is 3.75. The van der Waals surface area contributed by atoms with Gasteiger partial charge >= 0.3 is 5.97 Å². The van der Waals surface area contributed by atoms with Crippen LogP contribution in [0.5, 0.6) is 5.75 Å². The molecule has 11 heteroatoms. The molecule has 3 heterocycles. The van der Waals surface area contributed by atoms with E-state index < -0.39 is 17.7 Å². The summed E-state index contributed by atoms with van der Waals surface area (Å²) in [6, 6.07) is 17.6. The summed E-state index contributed by atoms with van der Waals surface area (Å²) in [5.74, 6) is -1.54. The highest BCUT2D eigenvalue weighted by Crippen LogP contribution is 2.36. The van der Waals surface area contributed by atoms with Gasteiger partial charge in [0, 0.05) is 55.6 Å². The number of aliphatic hydroxyl groups is 1. The molecule has 3 aromatic carbocycles. The van der Waals surface area contributed by atoms with Gasteiger partial charge in [0.05, 0.1) is 29.8 Å². The first kappa shape index (κ1) is 35.2. The van der Waals surface area contributed by atoms with Crippen LogP contribution in [0.4, 0.5) is 10.1 Å². The van der Waals surface area contributed by atoms with Crippen LogP contribution >= 0.6 is 11.6 Å². The summed E-state index contributed by atoms with van der Waals surface area (Å²) in [6.07, 6.45) is 6.50. The van der Waals surface area contributed by atoms with Crippen LogP contribution in [0.3, 0.4) is 0 Å². The van der Waals surface area contributed by atoms with E-state index >= 15 is 4.39 Å². The van der Waals surface area contributed by atoms with Crippen LogP contribution in [-0.4, -0.2) is 76.3 Å². The third-order valence-electron chi connectivity index (χ3n) is 9.40. The van der Waals surface area contributed by atoms with E-state index in [-0.39, 0.29) is 29.0 Å². The number of hydrogen-bond acceptors (Lipinski definition) is 7. The second kappa shape index (κ2) is 15.5. The molecule has 0 saturated carbocycles. The Hall–Kier alpha value is -4.61. The van der Waals surface area contributed by atoms with Gasteiger partial charge < -0.3 is 20.3 Å². The minimum atomic E-state index is -0.757. The number of aliphatic hydroxyl groups excluding tert-OH is 1. The highest BCUT2D eigenvalue weighted by atomic mass is 35.5. The van der Waals surface area contributed by atoms with Gasteiger partial charge in [-0.1, -0.05) is 66.2 Å². The number of aryl methyl sites for hydroxylation is 1. The molecule has 1 amide bonds. The third kappa shape index (κ3) is 8.05. The minimum absolute atomic E-state index is 0.0108. The normalized spacial score (nSPS) is 18.2. The minimum Gasteiger partial charge on any atom is -0.496 e. The van der Waals surface area contributed by atoms with Crippen molar-refractivity contribution in [2.24, 2.45) is 5.92 Å². The van der Waals surface area contributed by atoms with Crippen LogP contribution < -0.4 is 10.1 Å². The number of carbonyl (C=O) groups excluding carboxylic acids is 1. The van der Waals surface area contributed by atoms with Gasteiger partial charge in [-0.15, -0.1) is 0 Å². The molecular formula is C39H40ClFN4O5. The summed E-state index contributed by atoms with van der Waals surface area (Å²) in [5, 5.41) is 22.1. The number of nitrogens with one attached hydrogen (secondary N) is 1. The molecule has 3 N–H and O–H groups in total. The highest BCUT2D eigenvalue weighted by molar-refractivity contribution is 6.35. The fourth-order valence-corrected chi connectivity index (χ4v) is 6.92. The molecule has 0 aliphatic carbocycles. The molecule has 0 unspecified atom stereocenters. The summed E-state index contributed by atoms with van der Waals surface area (Å²) in [4.78, 5) is 33.0. The van der Waals surface area contributed by atoms with Crippen molar-refractivity contribution in [3.8, 4) is 16.9 Å². The van der Waals surface area contributed by atoms with E-state index in [4.69, 9.17) is 16.3 Å². The standard InChI is InChI=1S/C39H40ClFN4O5/c1-24-17-29(22-45-15-13-28(21-45)39(48)49)35(50-2)18-27(24)11-10-26-5-3-6-31(36(26)40)32-7-4-8-33(37(32)41)43-38(47)34-12-9-25(19-42-34)20-44-16-14-30(46)23-44/h3-12,17-19,28,30,46H,13-16,20-23H2,1-2H3,(H,43,47)(H,48,49)/b11-10+/t28-,30-/m1/s1. The number of methoxy groups -OCH3 is 1. The lowest BCUT2D eigenvalue weighted by atomic mass is 9.99. The van der Waals surface area contributed by atoms with E-state index in [1.54, 1.807) is 43.6 Å². The molecular weight excluding hydrogens is 659 g/mol. The van der Waals surface area contributed by atoms with Gasteiger partial charge in [0.1, 0.15) is 11.4 Å². The topological polar surface area (TPSA) is 115 Å². The molecule has 0 bridgehead atoms. The predicted molar refractivity (Wildman–Crippen MR) is 193 cm³/mol. The molecule has 4 aromatic rings. The Morgan fingerprint density at radius 2 is 1.74 bits per heavy atom.